The highest BCUT2D eigenvalue weighted by atomic mass is 79.9. The Morgan fingerprint density at radius 2 is 1.76 bits per heavy atom. The van der Waals surface area contributed by atoms with Crippen LogP contribution in [0.15, 0.2) is 57.8 Å². The van der Waals surface area contributed by atoms with Gasteiger partial charge in [0, 0.05) is 37.0 Å². The van der Waals surface area contributed by atoms with Crippen molar-refractivity contribution in [2.75, 3.05) is 13.6 Å². The average molecular weight is 557 g/mol. The SMILES string of the molecule is CNC(=O)CNCc1ccc(Cn2c(C)cc(OCc3ccc(F)cc3F)c(Br)c2=O)cc1.Cl. The first kappa shape index (κ1) is 27.5. The van der Waals surface area contributed by atoms with Crippen molar-refractivity contribution in [3.05, 3.63) is 97.4 Å². The lowest BCUT2D eigenvalue weighted by Crippen LogP contribution is -2.30. The largest absolute Gasteiger partial charge is 0.487 e. The molecule has 0 bridgehead atoms. The molecule has 3 rings (SSSR count). The zero-order valence-electron chi connectivity index (χ0n) is 18.7. The number of nitrogens with one attached hydrogen (secondary N) is 2. The second kappa shape index (κ2) is 12.6. The third-order valence-electron chi connectivity index (χ3n) is 5.07. The number of carbonyl (C=O) groups is 1. The van der Waals surface area contributed by atoms with Gasteiger partial charge in [0.15, 0.2) is 0 Å². The van der Waals surface area contributed by atoms with Crippen LogP contribution in [-0.4, -0.2) is 24.1 Å². The van der Waals surface area contributed by atoms with Gasteiger partial charge in [-0.3, -0.25) is 9.59 Å². The molecule has 34 heavy (non-hydrogen) atoms. The topological polar surface area (TPSA) is 72.4 Å². The van der Waals surface area contributed by atoms with Gasteiger partial charge in [-0.15, -0.1) is 12.4 Å². The molecule has 2 N–H and O–H groups in total. The standard InChI is InChI=1S/C24H24BrF2N3O3.ClH/c1-15-9-21(33-14-18-7-8-19(26)10-20(18)27)23(25)24(32)30(15)13-17-5-3-16(4-6-17)11-29-12-22(31)28-2;/h3-10,29H,11-14H2,1-2H3,(H,28,31);1H. The fourth-order valence-electron chi connectivity index (χ4n) is 3.16. The molecule has 0 aliphatic carbocycles. The minimum atomic E-state index is -0.705. The summed E-state index contributed by atoms with van der Waals surface area (Å²) < 4.78 is 34.4. The van der Waals surface area contributed by atoms with Gasteiger partial charge in [-0.25, -0.2) is 8.78 Å². The molecular formula is C24H25BrClF2N3O3. The van der Waals surface area contributed by atoms with Crippen LogP contribution in [0.2, 0.25) is 0 Å². The number of benzene rings is 2. The molecule has 182 valence electrons. The number of hydrogen-bond donors (Lipinski definition) is 2. The van der Waals surface area contributed by atoms with Gasteiger partial charge in [0.05, 0.1) is 13.1 Å². The van der Waals surface area contributed by atoms with E-state index in [-0.39, 0.29) is 52.8 Å². The number of ether oxygens (including phenoxy) is 1. The van der Waals surface area contributed by atoms with Crippen molar-refractivity contribution in [3.8, 4) is 5.75 Å². The Bertz CT molecular complexity index is 1200. The van der Waals surface area contributed by atoms with E-state index < -0.39 is 11.6 Å². The molecule has 1 heterocycles. The molecule has 0 aliphatic rings. The molecule has 0 unspecified atom stereocenters. The van der Waals surface area contributed by atoms with Crippen LogP contribution in [0.3, 0.4) is 0 Å². The number of aromatic nitrogens is 1. The average Bonchev–Trinajstić information content (AvgIpc) is 2.80. The molecule has 1 amide bonds. The summed E-state index contributed by atoms with van der Waals surface area (Å²) in [7, 11) is 1.59. The highest BCUT2D eigenvalue weighted by molar-refractivity contribution is 9.10. The van der Waals surface area contributed by atoms with E-state index >= 15 is 0 Å². The fourth-order valence-corrected chi connectivity index (χ4v) is 3.61. The number of halogens is 4. The first-order valence-electron chi connectivity index (χ1n) is 10.2. The number of pyridine rings is 1. The Balaban J connectivity index is 0.00000408. The molecule has 10 heteroatoms. The van der Waals surface area contributed by atoms with Crippen LogP contribution in [0.5, 0.6) is 5.75 Å². The van der Waals surface area contributed by atoms with Gasteiger partial charge in [-0.2, -0.15) is 0 Å². The molecule has 0 radical (unpaired) electrons. The molecule has 0 spiro atoms. The van der Waals surface area contributed by atoms with Crippen LogP contribution in [0.25, 0.3) is 0 Å². The first-order valence-corrected chi connectivity index (χ1v) is 11.0. The van der Waals surface area contributed by atoms with E-state index in [2.05, 4.69) is 26.6 Å². The van der Waals surface area contributed by atoms with Gasteiger partial charge >= 0.3 is 0 Å². The summed E-state index contributed by atoms with van der Waals surface area (Å²) in [5, 5.41) is 5.60. The molecule has 0 fully saturated rings. The van der Waals surface area contributed by atoms with Crippen LogP contribution in [0, 0.1) is 18.6 Å². The van der Waals surface area contributed by atoms with E-state index in [1.165, 1.54) is 6.07 Å². The van der Waals surface area contributed by atoms with Crippen molar-refractivity contribution in [3.63, 3.8) is 0 Å². The quantitative estimate of drug-likeness (QED) is 0.417. The van der Waals surface area contributed by atoms with Crippen molar-refractivity contribution in [2.24, 2.45) is 0 Å². The van der Waals surface area contributed by atoms with Crippen LogP contribution < -0.4 is 20.9 Å². The van der Waals surface area contributed by atoms with Gasteiger partial charge in [-0.05, 0) is 46.1 Å². The van der Waals surface area contributed by atoms with E-state index in [1.807, 2.05) is 24.3 Å². The third-order valence-corrected chi connectivity index (χ3v) is 5.80. The van der Waals surface area contributed by atoms with E-state index in [9.17, 15) is 18.4 Å². The minimum absolute atomic E-state index is 0. The number of aryl methyl sites for hydroxylation is 1. The van der Waals surface area contributed by atoms with Crippen molar-refractivity contribution < 1.29 is 18.3 Å². The Morgan fingerprint density at radius 3 is 2.41 bits per heavy atom. The third kappa shape index (κ3) is 7.12. The number of rotatable bonds is 9. The number of likely N-dealkylation sites (N-methyl/N-ethyl adjacent to an activating group) is 1. The van der Waals surface area contributed by atoms with Crippen molar-refractivity contribution in [1.82, 2.24) is 15.2 Å². The van der Waals surface area contributed by atoms with Crippen molar-refractivity contribution in [1.29, 1.82) is 0 Å². The number of amides is 1. The summed E-state index contributed by atoms with van der Waals surface area (Å²) in [5.74, 6) is -1.16. The predicted molar refractivity (Wildman–Crippen MR) is 132 cm³/mol. The first-order chi connectivity index (χ1) is 15.8. The highest BCUT2D eigenvalue weighted by Crippen LogP contribution is 2.24. The molecule has 3 aromatic rings. The van der Waals surface area contributed by atoms with E-state index in [1.54, 1.807) is 24.6 Å². The lowest BCUT2D eigenvalue weighted by molar-refractivity contribution is -0.119. The van der Waals surface area contributed by atoms with E-state index in [0.717, 1.165) is 23.3 Å². The Hall–Kier alpha value is -2.75. The van der Waals surface area contributed by atoms with Gasteiger partial charge in [0.1, 0.15) is 28.5 Å². The zero-order valence-corrected chi connectivity index (χ0v) is 21.1. The van der Waals surface area contributed by atoms with E-state index in [4.69, 9.17) is 4.74 Å². The van der Waals surface area contributed by atoms with Crippen LogP contribution >= 0.6 is 28.3 Å². The van der Waals surface area contributed by atoms with Crippen LogP contribution in [-0.2, 0) is 24.5 Å². The second-order valence-electron chi connectivity index (χ2n) is 7.47. The molecule has 2 aromatic carbocycles. The Morgan fingerprint density at radius 1 is 1.09 bits per heavy atom. The molecule has 1 aromatic heterocycles. The molecule has 6 nitrogen and oxygen atoms in total. The van der Waals surface area contributed by atoms with Crippen molar-refractivity contribution >= 4 is 34.2 Å². The maximum absolute atomic E-state index is 13.8. The molecule has 0 atom stereocenters. The summed E-state index contributed by atoms with van der Waals surface area (Å²) in [5.41, 5.74) is 2.54. The molecule has 0 aliphatic heterocycles. The Kier molecular flexibility index (Phi) is 10.2. The fraction of sp³-hybridized carbons (Fsp3) is 0.250. The van der Waals surface area contributed by atoms with Gasteiger partial charge < -0.3 is 19.9 Å². The smallest absolute Gasteiger partial charge is 0.269 e. The summed E-state index contributed by atoms with van der Waals surface area (Å²) in [6, 6.07) is 12.7. The Labute approximate surface area is 210 Å². The zero-order chi connectivity index (χ0) is 24.0. The van der Waals surface area contributed by atoms with Crippen molar-refractivity contribution in [2.45, 2.75) is 26.6 Å². The molecule has 0 saturated carbocycles. The second-order valence-corrected chi connectivity index (χ2v) is 8.27. The van der Waals surface area contributed by atoms with Gasteiger partial charge in [0.2, 0.25) is 5.91 Å². The number of carbonyl (C=O) groups excluding carboxylic acids is 1. The van der Waals surface area contributed by atoms with E-state index in [0.29, 0.717) is 18.8 Å². The predicted octanol–water partition coefficient (Wildman–Crippen LogP) is 4.08. The minimum Gasteiger partial charge on any atom is -0.487 e. The molecular weight excluding hydrogens is 532 g/mol. The van der Waals surface area contributed by atoms with Crippen LogP contribution in [0.1, 0.15) is 22.4 Å². The summed E-state index contributed by atoms with van der Waals surface area (Å²) in [4.78, 5) is 24.2. The van der Waals surface area contributed by atoms with Gasteiger partial charge in [-0.1, -0.05) is 24.3 Å². The van der Waals surface area contributed by atoms with Gasteiger partial charge in [0.25, 0.3) is 5.56 Å². The normalized spacial score (nSPS) is 10.5. The van der Waals surface area contributed by atoms with Crippen LogP contribution in [0.4, 0.5) is 8.78 Å². The summed E-state index contributed by atoms with van der Waals surface area (Å²) in [6.07, 6.45) is 0. The lowest BCUT2D eigenvalue weighted by Gasteiger charge is -2.15. The summed E-state index contributed by atoms with van der Waals surface area (Å²) in [6.45, 7) is 2.81. The number of hydrogen-bond acceptors (Lipinski definition) is 4. The maximum atomic E-state index is 13.8. The highest BCUT2D eigenvalue weighted by Gasteiger charge is 2.14. The summed E-state index contributed by atoms with van der Waals surface area (Å²) >= 11 is 3.29. The maximum Gasteiger partial charge on any atom is 0.269 e. The number of nitrogens with zero attached hydrogens (tertiary/aromatic N) is 1. The lowest BCUT2D eigenvalue weighted by atomic mass is 10.1. The monoisotopic (exact) mass is 555 g/mol. The molecule has 0 saturated heterocycles.